The van der Waals surface area contributed by atoms with Gasteiger partial charge in [0.05, 0.1) is 0 Å². The van der Waals surface area contributed by atoms with Crippen molar-refractivity contribution in [2.45, 2.75) is 32.7 Å². The van der Waals surface area contributed by atoms with Crippen LogP contribution in [0.3, 0.4) is 0 Å². The molecule has 1 aromatic carbocycles. The fraction of sp³-hybridized carbons (Fsp3) is 0.429. The summed E-state index contributed by atoms with van der Waals surface area (Å²) >= 11 is 3.51. The summed E-state index contributed by atoms with van der Waals surface area (Å²) in [6.45, 7) is 6.59. The van der Waals surface area contributed by atoms with Gasteiger partial charge >= 0.3 is 0 Å². The molecule has 0 aliphatic rings. The van der Waals surface area contributed by atoms with E-state index in [2.05, 4.69) is 65.7 Å². The first kappa shape index (κ1) is 12.7. The first-order valence-electron chi connectivity index (χ1n) is 5.95. The number of hydrogen-bond acceptors (Lipinski definition) is 1. The Balaban J connectivity index is 2.71. The van der Waals surface area contributed by atoms with Crippen molar-refractivity contribution in [3.63, 3.8) is 0 Å². The zero-order chi connectivity index (χ0) is 12.6. The second-order valence-corrected chi connectivity index (χ2v) is 5.75. The van der Waals surface area contributed by atoms with Gasteiger partial charge in [-0.15, -0.1) is 0 Å². The monoisotopic (exact) mass is 295 g/mol. The topological polar surface area (TPSA) is 25.2 Å². The van der Waals surface area contributed by atoms with Crippen LogP contribution in [0.25, 0.3) is 10.9 Å². The Morgan fingerprint density at radius 3 is 2.59 bits per heavy atom. The fourth-order valence-electron chi connectivity index (χ4n) is 2.17. The molecular weight excluding hydrogens is 278 g/mol. The van der Waals surface area contributed by atoms with Crippen LogP contribution in [0.5, 0.6) is 0 Å². The highest BCUT2D eigenvalue weighted by atomic mass is 79.9. The summed E-state index contributed by atoms with van der Waals surface area (Å²) in [5.41, 5.74) is 2.45. The molecular formula is C14H18BrNO. The van der Waals surface area contributed by atoms with Gasteiger partial charge < -0.3 is 9.67 Å². The second-order valence-electron chi connectivity index (χ2n) is 4.83. The summed E-state index contributed by atoms with van der Waals surface area (Å²) in [6.07, 6.45) is 2.17. The predicted molar refractivity (Wildman–Crippen MR) is 75.5 cm³/mol. The number of halogens is 1. The molecule has 0 fully saturated rings. The standard InChI is InChI=1S/C14H18BrNO/c1-9(2)16-7-13(10(3)8-17)12-6-11(15)4-5-14(12)16/h4-7,9-10,17H,8H2,1-3H3. The van der Waals surface area contributed by atoms with Gasteiger partial charge in [-0.05, 0) is 37.6 Å². The Labute approximate surface area is 110 Å². The van der Waals surface area contributed by atoms with E-state index in [0.29, 0.717) is 6.04 Å². The summed E-state index contributed by atoms with van der Waals surface area (Å²) in [4.78, 5) is 0. The molecule has 0 saturated carbocycles. The van der Waals surface area contributed by atoms with E-state index in [1.54, 1.807) is 0 Å². The molecule has 1 unspecified atom stereocenters. The number of rotatable bonds is 3. The van der Waals surface area contributed by atoms with E-state index in [-0.39, 0.29) is 12.5 Å². The minimum Gasteiger partial charge on any atom is -0.396 e. The SMILES string of the molecule is CC(CO)c1cn(C(C)C)c2ccc(Br)cc12. The third-order valence-corrected chi connectivity index (χ3v) is 3.68. The Kier molecular flexibility index (Phi) is 3.59. The van der Waals surface area contributed by atoms with Crippen LogP contribution in [-0.4, -0.2) is 16.3 Å². The Morgan fingerprint density at radius 2 is 2.00 bits per heavy atom. The first-order chi connectivity index (χ1) is 8.04. The number of aromatic nitrogens is 1. The molecule has 2 rings (SSSR count). The minimum absolute atomic E-state index is 0.173. The maximum absolute atomic E-state index is 9.34. The summed E-state index contributed by atoms with van der Waals surface area (Å²) < 4.78 is 3.35. The highest BCUT2D eigenvalue weighted by molar-refractivity contribution is 9.10. The molecule has 92 valence electrons. The lowest BCUT2D eigenvalue weighted by Crippen LogP contribution is -1.99. The van der Waals surface area contributed by atoms with Gasteiger partial charge in [-0.3, -0.25) is 0 Å². The minimum atomic E-state index is 0.173. The van der Waals surface area contributed by atoms with E-state index in [1.165, 1.54) is 16.5 Å². The van der Waals surface area contributed by atoms with Gasteiger partial charge in [-0.25, -0.2) is 0 Å². The predicted octanol–water partition coefficient (Wildman–Crippen LogP) is 4.08. The molecule has 1 atom stereocenters. The van der Waals surface area contributed by atoms with E-state index in [4.69, 9.17) is 0 Å². The van der Waals surface area contributed by atoms with E-state index in [0.717, 1.165) is 4.47 Å². The van der Waals surface area contributed by atoms with Gasteiger partial charge in [-0.1, -0.05) is 22.9 Å². The molecule has 0 bridgehead atoms. The summed E-state index contributed by atoms with van der Waals surface area (Å²) in [6, 6.07) is 6.76. The maximum atomic E-state index is 9.34. The van der Waals surface area contributed by atoms with Gasteiger partial charge in [0.2, 0.25) is 0 Å². The van der Waals surface area contributed by atoms with Crippen molar-refractivity contribution >= 4 is 26.8 Å². The van der Waals surface area contributed by atoms with Crippen molar-refractivity contribution < 1.29 is 5.11 Å². The van der Waals surface area contributed by atoms with Gasteiger partial charge in [0.25, 0.3) is 0 Å². The van der Waals surface area contributed by atoms with Crippen LogP contribution in [0.4, 0.5) is 0 Å². The number of benzene rings is 1. The molecule has 2 aromatic rings. The van der Waals surface area contributed by atoms with Crippen molar-refractivity contribution in [1.82, 2.24) is 4.57 Å². The molecule has 0 saturated heterocycles. The normalized spacial score (nSPS) is 13.5. The van der Waals surface area contributed by atoms with E-state index in [1.807, 2.05) is 0 Å². The van der Waals surface area contributed by atoms with E-state index in [9.17, 15) is 5.11 Å². The number of hydrogen-bond donors (Lipinski definition) is 1. The van der Waals surface area contributed by atoms with Gasteiger partial charge in [0.15, 0.2) is 0 Å². The van der Waals surface area contributed by atoms with Gasteiger partial charge in [0, 0.05) is 40.1 Å². The maximum Gasteiger partial charge on any atom is 0.0497 e. The smallest absolute Gasteiger partial charge is 0.0497 e. The van der Waals surface area contributed by atoms with Crippen molar-refractivity contribution in [2.75, 3.05) is 6.61 Å². The molecule has 1 N–H and O–H groups in total. The van der Waals surface area contributed by atoms with E-state index < -0.39 is 0 Å². The third-order valence-electron chi connectivity index (χ3n) is 3.19. The quantitative estimate of drug-likeness (QED) is 0.907. The third kappa shape index (κ3) is 2.26. The highest BCUT2D eigenvalue weighted by Gasteiger charge is 2.15. The summed E-state index contributed by atoms with van der Waals surface area (Å²) in [7, 11) is 0. The van der Waals surface area contributed by atoms with Crippen LogP contribution in [0.1, 0.15) is 38.3 Å². The largest absolute Gasteiger partial charge is 0.396 e. The zero-order valence-corrected chi connectivity index (χ0v) is 12.0. The number of aliphatic hydroxyl groups is 1. The lowest BCUT2D eigenvalue weighted by molar-refractivity contribution is 0.273. The van der Waals surface area contributed by atoms with Crippen molar-refractivity contribution in [3.05, 3.63) is 34.4 Å². The zero-order valence-electron chi connectivity index (χ0n) is 10.4. The van der Waals surface area contributed by atoms with Crippen LogP contribution in [-0.2, 0) is 0 Å². The van der Waals surface area contributed by atoms with Gasteiger partial charge in [0.1, 0.15) is 0 Å². The number of aliphatic hydroxyl groups excluding tert-OH is 1. The molecule has 0 amide bonds. The summed E-state index contributed by atoms with van der Waals surface area (Å²) in [5.74, 6) is 0.173. The van der Waals surface area contributed by atoms with Crippen LogP contribution < -0.4 is 0 Å². The van der Waals surface area contributed by atoms with Crippen molar-refractivity contribution in [1.29, 1.82) is 0 Å². The number of fused-ring (bicyclic) bond motifs is 1. The molecule has 0 spiro atoms. The van der Waals surface area contributed by atoms with Crippen LogP contribution in [0, 0.1) is 0 Å². The van der Waals surface area contributed by atoms with E-state index >= 15 is 0 Å². The molecule has 1 heterocycles. The lowest BCUT2D eigenvalue weighted by atomic mass is 10.0. The van der Waals surface area contributed by atoms with Crippen LogP contribution in [0.2, 0.25) is 0 Å². The Hall–Kier alpha value is -0.800. The molecule has 3 heteroatoms. The Bertz CT molecular complexity index is 530. The average Bonchev–Trinajstić information content (AvgIpc) is 2.66. The first-order valence-corrected chi connectivity index (χ1v) is 6.74. The highest BCUT2D eigenvalue weighted by Crippen LogP contribution is 2.31. The van der Waals surface area contributed by atoms with Gasteiger partial charge in [-0.2, -0.15) is 0 Å². The van der Waals surface area contributed by atoms with Crippen molar-refractivity contribution in [2.24, 2.45) is 0 Å². The number of nitrogens with zero attached hydrogens (tertiary/aromatic N) is 1. The van der Waals surface area contributed by atoms with Crippen LogP contribution in [0.15, 0.2) is 28.9 Å². The average molecular weight is 296 g/mol. The molecule has 1 aromatic heterocycles. The lowest BCUT2D eigenvalue weighted by Gasteiger charge is -2.08. The Morgan fingerprint density at radius 1 is 1.29 bits per heavy atom. The molecule has 0 radical (unpaired) electrons. The molecule has 0 aliphatic carbocycles. The second kappa shape index (κ2) is 4.83. The fourth-order valence-corrected chi connectivity index (χ4v) is 2.53. The van der Waals surface area contributed by atoms with Crippen molar-refractivity contribution in [3.8, 4) is 0 Å². The molecule has 17 heavy (non-hydrogen) atoms. The summed E-state index contributed by atoms with van der Waals surface area (Å²) in [5, 5.41) is 10.6. The van der Waals surface area contributed by atoms with Crippen LogP contribution >= 0.6 is 15.9 Å². The molecule has 0 aliphatic heterocycles. The molecule has 2 nitrogen and oxygen atoms in total.